The number of benzene rings is 1. The van der Waals surface area contributed by atoms with Crippen molar-refractivity contribution in [3.05, 3.63) is 35.1 Å². The van der Waals surface area contributed by atoms with Gasteiger partial charge < -0.3 is 5.32 Å². The molecule has 1 N–H and O–H groups in total. The summed E-state index contributed by atoms with van der Waals surface area (Å²) in [5.74, 6) is 1.18. The third-order valence-corrected chi connectivity index (χ3v) is 3.13. The molecule has 1 aromatic heterocycles. The van der Waals surface area contributed by atoms with Gasteiger partial charge in [0.2, 0.25) is 0 Å². The Balaban J connectivity index is 1.89. The normalized spacial score (nSPS) is 19.7. The molecule has 0 bridgehead atoms. The van der Waals surface area contributed by atoms with E-state index in [9.17, 15) is 0 Å². The first kappa shape index (κ1) is 10.7. The Hall–Kier alpha value is -1.46. The van der Waals surface area contributed by atoms with E-state index in [1.165, 1.54) is 4.80 Å². The number of nitrogens with one attached hydrogen (secondary N) is 1. The molecule has 1 unspecified atom stereocenters. The Labute approximate surface area is 104 Å². The second-order valence-corrected chi connectivity index (χ2v) is 4.54. The topological polar surface area (TPSA) is 55.6 Å². The molecule has 1 saturated heterocycles. The van der Waals surface area contributed by atoms with Gasteiger partial charge in [0.1, 0.15) is 0 Å². The van der Waals surface area contributed by atoms with E-state index in [1.54, 1.807) is 0 Å². The molecule has 0 saturated carbocycles. The van der Waals surface area contributed by atoms with Gasteiger partial charge in [-0.2, -0.15) is 0 Å². The average molecular weight is 250 g/mol. The number of hydrogen-bond donors (Lipinski definition) is 1. The molecule has 5 nitrogen and oxygen atoms in total. The predicted molar refractivity (Wildman–Crippen MR) is 64.4 cm³/mol. The molecule has 3 rings (SSSR count). The molecule has 2 heterocycles. The van der Waals surface area contributed by atoms with Crippen LogP contribution in [-0.2, 0) is 0 Å². The minimum atomic E-state index is 0.378. The van der Waals surface area contributed by atoms with Gasteiger partial charge in [-0.1, -0.05) is 17.7 Å². The van der Waals surface area contributed by atoms with Gasteiger partial charge in [-0.3, -0.25) is 0 Å². The monoisotopic (exact) mass is 249 g/mol. The van der Waals surface area contributed by atoms with Crippen molar-refractivity contribution in [2.24, 2.45) is 0 Å². The summed E-state index contributed by atoms with van der Waals surface area (Å²) in [5.41, 5.74) is 0.835. The van der Waals surface area contributed by atoms with Gasteiger partial charge in [0.05, 0.1) is 5.69 Å². The first-order chi connectivity index (χ1) is 8.33. The summed E-state index contributed by atoms with van der Waals surface area (Å²) in [7, 11) is 0. The van der Waals surface area contributed by atoms with Crippen molar-refractivity contribution in [2.45, 2.75) is 12.3 Å². The van der Waals surface area contributed by atoms with Gasteiger partial charge >= 0.3 is 0 Å². The molecule has 0 aliphatic carbocycles. The number of halogens is 1. The van der Waals surface area contributed by atoms with Gasteiger partial charge in [0.25, 0.3) is 0 Å². The molecule has 0 amide bonds. The lowest BCUT2D eigenvalue weighted by Gasteiger charge is -2.00. The maximum absolute atomic E-state index is 5.93. The van der Waals surface area contributed by atoms with Crippen LogP contribution in [0.4, 0.5) is 0 Å². The highest BCUT2D eigenvalue weighted by Gasteiger charge is 2.21. The van der Waals surface area contributed by atoms with Crippen molar-refractivity contribution in [1.29, 1.82) is 0 Å². The molecule has 88 valence electrons. The summed E-state index contributed by atoms with van der Waals surface area (Å²) < 4.78 is 0. The summed E-state index contributed by atoms with van der Waals surface area (Å²) in [5, 5.41) is 16.5. The van der Waals surface area contributed by atoms with Crippen molar-refractivity contribution in [1.82, 2.24) is 25.5 Å². The van der Waals surface area contributed by atoms with E-state index in [0.29, 0.717) is 10.9 Å². The lowest BCUT2D eigenvalue weighted by molar-refractivity contribution is 0.688. The van der Waals surface area contributed by atoms with Gasteiger partial charge in [-0.25, -0.2) is 0 Å². The molecule has 1 aromatic carbocycles. The fraction of sp³-hybridized carbons (Fsp3) is 0.364. The van der Waals surface area contributed by atoms with Crippen LogP contribution in [0, 0.1) is 0 Å². The molecular formula is C11H12ClN5. The second kappa shape index (κ2) is 4.43. The molecule has 1 aliphatic rings. The van der Waals surface area contributed by atoms with Crippen molar-refractivity contribution >= 4 is 11.6 Å². The molecule has 0 radical (unpaired) electrons. The number of rotatable bonds is 2. The summed E-state index contributed by atoms with van der Waals surface area (Å²) in [6, 6.07) is 7.42. The standard InChI is InChI=1S/C11H12ClN5/c12-9-2-1-3-10(6-9)17-15-11(14-16-17)8-4-5-13-7-8/h1-3,6,8,13H,4-5,7H2. The van der Waals surface area contributed by atoms with Crippen LogP contribution in [0.2, 0.25) is 5.02 Å². The van der Waals surface area contributed by atoms with E-state index in [-0.39, 0.29) is 0 Å². The molecule has 0 spiro atoms. The van der Waals surface area contributed by atoms with Crippen molar-refractivity contribution in [3.63, 3.8) is 0 Å². The Bertz CT molecular complexity index is 518. The Morgan fingerprint density at radius 2 is 2.35 bits per heavy atom. The largest absolute Gasteiger partial charge is 0.316 e. The zero-order chi connectivity index (χ0) is 11.7. The average Bonchev–Trinajstić information content (AvgIpc) is 3.00. The van der Waals surface area contributed by atoms with Crippen molar-refractivity contribution < 1.29 is 0 Å². The van der Waals surface area contributed by atoms with Crippen LogP contribution in [0.25, 0.3) is 5.69 Å². The lowest BCUT2D eigenvalue weighted by atomic mass is 10.1. The van der Waals surface area contributed by atoms with E-state index in [0.717, 1.165) is 31.0 Å². The second-order valence-electron chi connectivity index (χ2n) is 4.11. The molecule has 6 heteroatoms. The van der Waals surface area contributed by atoms with Gasteiger partial charge in [-0.05, 0) is 36.4 Å². The molecule has 1 aliphatic heterocycles. The summed E-state index contributed by atoms with van der Waals surface area (Å²) in [6.45, 7) is 1.96. The van der Waals surface area contributed by atoms with E-state index in [2.05, 4.69) is 20.7 Å². The molecule has 1 atom stereocenters. The summed E-state index contributed by atoms with van der Waals surface area (Å²) >= 11 is 5.93. The lowest BCUT2D eigenvalue weighted by Crippen LogP contribution is -2.09. The molecule has 1 fully saturated rings. The first-order valence-corrected chi connectivity index (χ1v) is 5.97. The number of hydrogen-bond acceptors (Lipinski definition) is 4. The van der Waals surface area contributed by atoms with Crippen LogP contribution in [-0.4, -0.2) is 33.3 Å². The number of tetrazole rings is 1. The third kappa shape index (κ3) is 2.16. The highest BCUT2D eigenvalue weighted by molar-refractivity contribution is 6.30. The zero-order valence-corrected chi connectivity index (χ0v) is 9.93. The van der Waals surface area contributed by atoms with Crippen molar-refractivity contribution in [2.75, 3.05) is 13.1 Å². The molecule has 17 heavy (non-hydrogen) atoms. The van der Waals surface area contributed by atoms with Crippen LogP contribution >= 0.6 is 11.6 Å². The van der Waals surface area contributed by atoms with Crippen LogP contribution in [0.15, 0.2) is 24.3 Å². The van der Waals surface area contributed by atoms with E-state index in [4.69, 9.17) is 11.6 Å². The zero-order valence-electron chi connectivity index (χ0n) is 9.17. The van der Waals surface area contributed by atoms with Crippen LogP contribution in [0.5, 0.6) is 0 Å². The van der Waals surface area contributed by atoms with Gasteiger partial charge in [0, 0.05) is 17.5 Å². The Morgan fingerprint density at radius 1 is 1.41 bits per heavy atom. The van der Waals surface area contributed by atoms with E-state index in [1.807, 2.05) is 24.3 Å². The maximum atomic E-state index is 5.93. The minimum Gasteiger partial charge on any atom is -0.316 e. The van der Waals surface area contributed by atoms with Crippen LogP contribution < -0.4 is 5.32 Å². The van der Waals surface area contributed by atoms with Gasteiger partial charge in [-0.15, -0.1) is 15.0 Å². The predicted octanol–water partition coefficient (Wildman–Crippen LogP) is 1.39. The van der Waals surface area contributed by atoms with Crippen LogP contribution in [0.3, 0.4) is 0 Å². The summed E-state index contributed by atoms with van der Waals surface area (Å²) in [4.78, 5) is 1.53. The maximum Gasteiger partial charge on any atom is 0.179 e. The fourth-order valence-electron chi connectivity index (χ4n) is 1.97. The number of nitrogens with zero attached hydrogens (tertiary/aromatic N) is 4. The highest BCUT2D eigenvalue weighted by Crippen LogP contribution is 2.19. The van der Waals surface area contributed by atoms with Crippen LogP contribution in [0.1, 0.15) is 18.2 Å². The first-order valence-electron chi connectivity index (χ1n) is 5.59. The van der Waals surface area contributed by atoms with Crippen molar-refractivity contribution in [3.8, 4) is 5.69 Å². The smallest absolute Gasteiger partial charge is 0.179 e. The fourth-order valence-corrected chi connectivity index (χ4v) is 2.16. The minimum absolute atomic E-state index is 0.378. The van der Waals surface area contributed by atoms with Gasteiger partial charge in [0.15, 0.2) is 5.82 Å². The summed E-state index contributed by atoms with van der Waals surface area (Å²) in [6.07, 6.45) is 1.07. The van der Waals surface area contributed by atoms with E-state index < -0.39 is 0 Å². The Kier molecular flexibility index (Phi) is 2.78. The molecule has 2 aromatic rings. The quantitative estimate of drug-likeness (QED) is 0.874. The number of aromatic nitrogens is 4. The Morgan fingerprint density at radius 3 is 3.12 bits per heavy atom. The van der Waals surface area contributed by atoms with E-state index >= 15 is 0 Å². The molecular weight excluding hydrogens is 238 g/mol. The third-order valence-electron chi connectivity index (χ3n) is 2.89. The highest BCUT2D eigenvalue weighted by atomic mass is 35.5. The SMILES string of the molecule is Clc1cccc(-n2nnc(C3CCNC3)n2)c1.